The molecule has 4 nitrogen and oxygen atoms in total. The van der Waals surface area contributed by atoms with Gasteiger partial charge in [-0.2, -0.15) is 0 Å². The highest BCUT2D eigenvalue weighted by molar-refractivity contribution is 5.85. The van der Waals surface area contributed by atoms with E-state index in [4.69, 9.17) is 9.47 Å². The van der Waals surface area contributed by atoms with E-state index in [0.29, 0.717) is 17.6 Å². The first-order valence-corrected chi connectivity index (χ1v) is 8.53. The van der Waals surface area contributed by atoms with Crippen LogP contribution in [0.4, 0.5) is 0 Å². The average molecular weight is 327 g/mol. The molecule has 2 aromatic rings. The molecule has 1 saturated heterocycles. The van der Waals surface area contributed by atoms with Crippen molar-refractivity contribution in [1.82, 2.24) is 4.90 Å². The second-order valence-electron chi connectivity index (χ2n) is 6.91. The van der Waals surface area contributed by atoms with Crippen molar-refractivity contribution < 1.29 is 14.3 Å². The summed E-state index contributed by atoms with van der Waals surface area (Å²) in [5, 5.41) is 2.16. The molecule has 2 aromatic carbocycles. The van der Waals surface area contributed by atoms with Gasteiger partial charge in [0.1, 0.15) is 11.5 Å². The predicted molar refractivity (Wildman–Crippen MR) is 95.5 cm³/mol. The smallest absolute Gasteiger partial charge is 0.260 e. The van der Waals surface area contributed by atoms with E-state index in [1.165, 1.54) is 6.42 Å². The third-order valence-corrected chi connectivity index (χ3v) is 4.60. The van der Waals surface area contributed by atoms with Crippen LogP contribution in [0.2, 0.25) is 0 Å². The van der Waals surface area contributed by atoms with Crippen molar-refractivity contribution in [3.05, 3.63) is 36.4 Å². The highest BCUT2D eigenvalue weighted by atomic mass is 16.5. The Hall–Kier alpha value is -2.23. The molecular formula is C20H25NO3. The summed E-state index contributed by atoms with van der Waals surface area (Å²) < 4.78 is 11.0. The van der Waals surface area contributed by atoms with Crippen molar-refractivity contribution in [3.63, 3.8) is 0 Å². The van der Waals surface area contributed by atoms with E-state index in [1.807, 2.05) is 41.3 Å². The monoisotopic (exact) mass is 327 g/mol. The van der Waals surface area contributed by atoms with Crippen molar-refractivity contribution in [3.8, 4) is 11.5 Å². The molecule has 24 heavy (non-hydrogen) atoms. The second kappa shape index (κ2) is 7.12. The summed E-state index contributed by atoms with van der Waals surface area (Å²) in [5.74, 6) is 2.71. The van der Waals surface area contributed by atoms with Gasteiger partial charge in [-0.3, -0.25) is 4.79 Å². The van der Waals surface area contributed by atoms with E-state index in [0.717, 1.165) is 29.6 Å². The van der Waals surface area contributed by atoms with Gasteiger partial charge in [-0.25, -0.2) is 0 Å². The normalized spacial score (nSPS) is 20.9. The molecule has 1 fully saturated rings. The number of carbonyl (C=O) groups excluding carboxylic acids is 1. The van der Waals surface area contributed by atoms with Crippen LogP contribution in [0, 0.1) is 11.8 Å². The number of amides is 1. The lowest BCUT2D eigenvalue weighted by Crippen LogP contribution is -2.44. The molecule has 1 heterocycles. The zero-order valence-corrected chi connectivity index (χ0v) is 14.6. The minimum Gasteiger partial charge on any atom is -0.497 e. The van der Waals surface area contributed by atoms with E-state index in [-0.39, 0.29) is 12.5 Å². The SMILES string of the molecule is COc1ccc2ccc(OCC(=O)N3CC(C)CC(C)C3)cc2c1. The number of benzene rings is 2. The molecule has 0 aliphatic carbocycles. The zero-order valence-electron chi connectivity index (χ0n) is 14.6. The maximum atomic E-state index is 12.4. The molecule has 3 rings (SSSR count). The van der Waals surface area contributed by atoms with Gasteiger partial charge < -0.3 is 14.4 Å². The molecular weight excluding hydrogens is 302 g/mol. The number of hydrogen-bond acceptors (Lipinski definition) is 3. The second-order valence-corrected chi connectivity index (χ2v) is 6.91. The van der Waals surface area contributed by atoms with Gasteiger partial charge in [-0.15, -0.1) is 0 Å². The molecule has 2 unspecified atom stereocenters. The van der Waals surface area contributed by atoms with E-state index >= 15 is 0 Å². The first-order valence-electron chi connectivity index (χ1n) is 8.53. The quantitative estimate of drug-likeness (QED) is 0.859. The number of rotatable bonds is 4. The van der Waals surface area contributed by atoms with Crippen LogP contribution >= 0.6 is 0 Å². The molecule has 2 atom stereocenters. The summed E-state index contributed by atoms with van der Waals surface area (Å²) in [4.78, 5) is 14.3. The predicted octanol–water partition coefficient (Wildman–Crippen LogP) is 3.73. The maximum absolute atomic E-state index is 12.4. The number of carbonyl (C=O) groups is 1. The minimum absolute atomic E-state index is 0.0686. The fourth-order valence-corrected chi connectivity index (χ4v) is 3.52. The van der Waals surface area contributed by atoms with Crippen LogP contribution in [-0.4, -0.2) is 37.6 Å². The number of methoxy groups -OCH3 is 1. The number of piperidine rings is 1. The molecule has 0 N–H and O–H groups in total. The molecule has 0 spiro atoms. The fourth-order valence-electron chi connectivity index (χ4n) is 3.52. The first-order chi connectivity index (χ1) is 11.5. The lowest BCUT2D eigenvalue weighted by atomic mass is 9.92. The van der Waals surface area contributed by atoms with Crippen LogP contribution in [0.5, 0.6) is 11.5 Å². The van der Waals surface area contributed by atoms with Crippen LogP contribution in [-0.2, 0) is 4.79 Å². The minimum atomic E-state index is 0.0686. The largest absolute Gasteiger partial charge is 0.497 e. The van der Waals surface area contributed by atoms with Crippen LogP contribution < -0.4 is 9.47 Å². The van der Waals surface area contributed by atoms with Gasteiger partial charge in [0.05, 0.1) is 7.11 Å². The number of fused-ring (bicyclic) bond motifs is 1. The van der Waals surface area contributed by atoms with Crippen molar-refractivity contribution in [2.24, 2.45) is 11.8 Å². The Morgan fingerprint density at radius 1 is 1.04 bits per heavy atom. The van der Waals surface area contributed by atoms with E-state index in [2.05, 4.69) is 13.8 Å². The summed E-state index contributed by atoms with van der Waals surface area (Å²) in [6, 6.07) is 11.8. The van der Waals surface area contributed by atoms with Gasteiger partial charge in [0.2, 0.25) is 0 Å². The van der Waals surface area contributed by atoms with E-state index in [1.54, 1.807) is 7.11 Å². The number of ether oxygens (including phenoxy) is 2. The summed E-state index contributed by atoms with van der Waals surface area (Å²) in [7, 11) is 1.65. The van der Waals surface area contributed by atoms with Crippen molar-refractivity contribution >= 4 is 16.7 Å². The van der Waals surface area contributed by atoms with Crippen molar-refractivity contribution in [2.45, 2.75) is 20.3 Å². The molecule has 0 saturated carbocycles. The first kappa shape index (κ1) is 16.6. The Balaban J connectivity index is 1.65. The van der Waals surface area contributed by atoms with Gasteiger partial charge in [0.15, 0.2) is 6.61 Å². The van der Waals surface area contributed by atoms with Gasteiger partial charge >= 0.3 is 0 Å². The Kier molecular flexibility index (Phi) is 4.93. The Morgan fingerprint density at radius 3 is 2.33 bits per heavy atom. The highest BCUT2D eigenvalue weighted by Crippen LogP contribution is 2.25. The van der Waals surface area contributed by atoms with Crippen LogP contribution in [0.3, 0.4) is 0 Å². The van der Waals surface area contributed by atoms with Gasteiger partial charge in [-0.1, -0.05) is 26.0 Å². The van der Waals surface area contributed by atoms with Gasteiger partial charge in [-0.05, 0) is 53.3 Å². The van der Waals surface area contributed by atoms with Crippen LogP contribution in [0.15, 0.2) is 36.4 Å². The van der Waals surface area contributed by atoms with Gasteiger partial charge in [0.25, 0.3) is 5.91 Å². The third kappa shape index (κ3) is 3.81. The molecule has 128 valence electrons. The number of likely N-dealkylation sites (tertiary alicyclic amines) is 1. The maximum Gasteiger partial charge on any atom is 0.260 e. The van der Waals surface area contributed by atoms with Crippen molar-refractivity contribution in [2.75, 3.05) is 26.8 Å². The Morgan fingerprint density at radius 2 is 1.67 bits per heavy atom. The molecule has 4 heteroatoms. The average Bonchev–Trinajstić information content (AvgIpc) is 2.58. The summed E-state index contributed by atoms with van der Waals surface area (Å²) in [6.07, 6.45) is 1.19. The fraction of sp³-hybridized carbons (Fsp3) is 0.450. The lowest BCUT2D eigenvalue weighted by Gasteiger charge is -2.34. The molecule has 1 amide bonds. The van der Waals surface area contributed by atoms with Crippen molar-refractivity contribution in [1.29, 1.82) is 0 Å². The van der Waals surface area contributed by atoms with E-state index < -0.39 is 0 Å². The number of hydrogen-bond donors (Lipinski definition) is 0. The van der Waals surface area contributed by atoms with E-state index in [9.17, 15) is 4.79 Å². The van der Waals surface area contributed by atoms with Crippen LogP contribution in [0.1, 0.15) is 20.3 Å². The standard InChI is InChI=1S/C20H25NO3/c1-14-8-15(2)12-21(11-14)20(22)13-24-19-7-5-16-4-6-18(23-3)9-17(16)10-19/h4-7,9-10,14-15H,8,11-13H2,1-3H3. The molecule has 0 radical (unpaired) electrons. The Labute approximate surface area is 143 Å². The molecule has 0 aromatic heterocycles. The van der Waals surface area contributed by atoms with Gasteiger partial charge in [0, 0.05) is 13.1 Å². The summed E-state index contributed by atoms with van der Waals surface area (Å²) in [5.41, 5.74) is 0. The molecule has 1 aliphatic rings. The summed E-state index contributed by atoms with van der Waals surface area (Å²) in [6.45, 7) is 6.17. The Bertz CT molecular complexity index is 718. The number of nitrogens with zero attached hydrogens (tertiary/aromatic N) is 1. The zero-order chi connectivity index (χ0) is 17.1. The topological polar surface area (TPSA) is 38.8 Å². The third-order valence-electron chi connectivity index (χ3n) is 4.60. The molecule has 0 bridgehead atoms. The highest BCUT2D eigenvalue weighted by Gasteiger charge is 2.25. The summed E-state index contributed by atoms with van der Waals surface area (Å²) >= 11 is 0. The molecule has 1 aliphatic heterocycles. The lowest BCUT2D eigenvalue weighted by molar-refractivity contribution is -0.136. The van der Waals surface area contributed by atoms with Crippen LogP contribution in [0.25, 0.3) is 10.8 Å².